The normalized spacial score (nSPS) is 18.8. The maximum Gasteiger partial charge on any atom is 0.335 e. The summed E-state index contributed by atoms with van der Waals surface area (Å²) in [6, 6.07) is 34.6. The zero-order valence-electron chi connectivity index (χ0n) is 28.9. The van der Waals surface area contributed by atoms with Crippen LogP contribution in [0.5, 0.6) is 11.5 Å². The molecule has 0 unspecified atom stereocenters. The third-order valence-electron chi connectivity index (χ3n) is 10.2. The minimum Gasteiger partial charge on any atom is -0.493 e. The number of hydrogen-bond acceptors (Lipinski definition) is 6. The predicted octanol–water partition coefficient (Wildman–Crippen LogP) is 9.23. The van der Waals surface area contributed by atoms with Gasteiger partial charge in [0.25, 0.3) is 11.8 Å². The molecule has 4 amide bonds. The lowest BCUT2D eigenvalue weighted by atomic mass is 9.76. The zero-order valence-corrected chi connectivity index (χ0v) is 31.2. The number of benzene rings is 5. The van der Waals surface area contributed by atoms with Gasteiger partial charge in [-0.15, -0.1) is 0 Å². The van der Waals surface area contributed by atoms with Crippen LogP contribution in [-0.2, 0) is 16.2 Å². The smallest absolute Gasteiger partial charge is 0.335 e. The molecule has 3 aliphatic rings. The molecule has 5 aromatic rings. The van der Waals surface area contributed by atoms with Crippen molar-refractivity contribution < 1.29 is 23.9 Å². The number of carbonyl (C=O) groups excluding carboxylic acids is 3. The van der Waals surface area contributed by atoms with Crippen LogP contribution in [0.4, 0.5) is 16.2 Å². The van der Waals surface area contributed by atoms with Crippen LogP contribution >= 0.6 is 27.5 Å². The molecule has 3 aliphatic heterocycles. The molecule has 266 valence electrons. The van der Waals surface area contributed by atoms with Gasteiger partial charge in [0, 0.05) is 35.6 Å². The van der Waals surface area contributed by atoms with E-state index in [4.69, 9.17) is 21.1 Å². The first-order valence-corrected chi connectivity index (χ1v) is 18.6. The highest BCUT2D eigenvalue weighted by Gasteiger charge is 2.40. The van der Waals surface area contributed by atoms with E-state index >= 15 is 0 Å². The number of ether oxygens (including phenoxy) is 2. The molecule has 5 aromatic carbocycles. The van der Waals surface area contributed by atoms with Crippen molar-refractivity contribution >= 4 is 62.8 Å². The van der Waals surface area contributed by atoms with Crippen LogP contribution in [0.2, 0.25) is 5.02 Å². The van der Waals surface area contributed by atoms with Crippen molar-refractivity contribution in [3.8, 4) is 11.5 Å². The van der Waals surface area contributed by atoms with Gasteiger partial charge in [-0.1, -0.05) is 84.4 Å². The molecule has 10 heteroatoms. The Hall–Kier alpha value is -5.38. The molecular formula is C43H35BrClN3O5. The topological polar surface area (TPSA) is 88.2 Å². The number of methoxy groups -OCH3 is 1. The lowest BCUT2D eigenvalue weighted by Gasteiger charge is -2.44. The van der Waals surface area contributed by atoms with E-state index in [-0.39, 0.29) is 24.0 Å². The van der Waals surface area contributed by atoms with Crippen LogP contribution in [-0.4, -0.2) is 38.0 Å². The Bertz CT molecular complexity index is 2210. The summed E-state index contributed by atoms with van der Waals surface area (Å²) < 4.78 is 12.3. The molecule has 1 fully saturated rings. The van der Waals surface area contributed by atoms with Crippen LogP contribution < -0.4 is 24.6 Å². The lowest BCUT2D eigenvalue weighted by Crippen LogP contribution is -2.54. The quantitative estimate of drug-likeness (QED) is 0.125. The highest BCUT2D eigenvalue weighted by Crippen LogP contribution is 2.50. The molecule has 8 rings (SSSR count). The average Bonchev–Trinajstić information content (AvgIpc) is 3.16. The third kappa shape index (κ3) is 6.71. The lowest BCUT2D eigenvalue weighted by molar-refractivity contribution is -0.122. The summed E-state index contributed by atoms with van der Waals surface area (Å²) in [6.45, 7) is 2.06. The number of nitrogens with one attached hydrogen (secondary N) is 1. The number of barbiturate groups is 1. The number of halogens is 2. The van der Waals surface area contributed by atoms with Crippen LogP contribution in [0.3, 0.4) is 0 Å². The van der Waals surface area contributed by atoms with Gasteiger partial charge >= 0.3 is 6.03 Å². The Morgan fingerprint density at radius 1 is 0.830 bits per heavy atom. The van der Waals surface area contributed by atoms with Gasteiger partial charge in [-0.2, -0.15) is 0 Å². The van der Waals surface area contributed by atoms with Crippen LogP contribution in [0.1, 0.15) is 58.1 Å². The van der Waals surface area contributed by atoms with Gasteiger partial charge < -0.3 is 14.4 Å². The summed E-state index contributed by atoms with van der Waals surface area (Å²) in [5.74, 6) is -0.508. The first-order valence-electron chi connectivity index (χ1n) is 17.5. The molecule has 3 heterocycles. The average molecular weight is 789 g/mol. The molecule has 0 aromatic heterocycles. The van der Waals surface area contributed by atoms with Crippen molar-refractivity contribution in [1.29, 1.82) is 0 Å². The number of hydrogen-bond donors (Lipinski definition) is 1. The van der Waals surface area contributed by atoms with Crippen molar-refractivity contribution in [3.05, 3.63) is 158 Å². The molecule has 0 bridgehead atoms. The molecule has 1 saturated heterocycles. The van der Waals surface area contributed by atoms with Crippen LogP contribution in [0, 0.1) is 0 Å². The summed E-state index contributed by atoms with van der Waals surface area (Å²) in [6.07, 6.45) is 3.26. The Morgan fingerprint density at radius 2 is 1.47 bits per heavy atom. The van der Waals surface area contributed by atoms with E-state index < -0.39 is 17.8 Å². The maximum absolute atomic E-state index is 14.4. The maximum atomic E-state index is 14.4. The van der Waals surface area contributed by atoms with Crippen LogP contribution in [0.25, 0.3) is 6.08 Å². The Balaban J connectivity index is 1.19. The van der Waals surface area contributed by atoms with Gasteiger partial charge in [0.15, 0.2) is 11.5 Å². The van der Waals surface area contributed by atoms with E-state index in [1.807, 2.05) is 66.7 Å². The number of urea groups is 1. The largest absolute Gasteiger partial charge is 0.493 e. The van der Waals surface area contributed by atoms with E-state index in [0.717, 1.165) is 47.5 Å². The van der Waals surface area contributed by atoms with Gasteiger partial charge in [-0.25, -0.2) is 9.69 Å². The highest BCUT2D eigenvalue weighted by atomic mass is 79.9. The summed E-state index contributed by atoms with van der Waals surface area (Å²) >= 11 is 9.72. The van der Waals surface area contributed by atoms with Crippen molar-refractivity contribution in [1.82, 2.24) is 5.32 Å². The molecule has 0 spiro atoms. The standard InChI is InChI=1S/C43H35BrClN3O5/c1-52-38-22-27(21-37(44)40(38)53-25-26-9-8-14-30(45)19-26)20-36-41(49)46-43(51)48(42(36)50)31-23-34-32(28-10-4-2-5-11-28)15-17-47-18-16-33(35(24-31)39(34)47)29-12-6-3-7-13-29/h2-14,19-24,32-33H,15-18,25H2,1H3,(H,46,49,51)/b36-20+/t32-,33+. The molecule has 1 N–H and O–H groups in total. The van der Waals surface area contributed by atoms with E-state index in [0.29, 0.717) is 32.2 Å². The predicted molar refractivity (Wildman–Crippen MR) is 210 cm³/mol. The number of anilines is 2. The molecule has 2 atom stereocenters. The van der Waals surface area contributed by atoms with Crippen molar-refractivity contribution in [2.75, 3.05) is 30.0 Å². The van der Waals surface area contributed by atoms with Gasteiger partial charge in [0.05, 0.1) is 17.3 Å². The van der Waals surface area contributed by atoms with Gasteiger partial charge in [-0.05, 0) is 105 Å². The first-order chi connectivity index (χ1) is 25.8. The summed E-state index contributed by atoms with van der Waals surface area (Å²) in [7, 11) is 1.51. The van der Waals surface area contributed by atoms with E-state index in [2.05, 4.69) is 50.4 Å². The SMILES string of the molecule is COc1cc(/C=C2\C(=O)NC(=O)N(c3cc4c5c(c3)[C@H](c3ccccc3)CCN5CC[C@@H]4c3ccccc3)C2=O)cc(Br)c1OCc1cccc(Cl)c1. The number of amides is 4. The molecule has 53 heavy (non-hydrogen) atoms. The minimum absolute atomic E-state index is 0.0692. The zero-order chi connectivity index (χ0) is 36.6. The van der Waals surface area contributed by atoms with Crippen molar-refractivity contribution in [2.45, 2.75) is 31.3 Å². The summed E-state index contributed by atoms with van der Waals surface area (Å²) in [4.78, 5) is 44.9. The van der Waals surface area contributed by atoms with Crippen molar-refractivity contribution in [3.63, 3.8) is 0 Å². The van der Waals surface area contributed by atoms with Crippen LogP contribution in [0.15, 0.2) is 119 Å². The second-order valence-corrected chi connectivity index (χ2v) is 14.7. The fourth-order valence-electron chi connectivity index (χ4n) is 7.77. The number of nitrogens with zero attached hydrogens (tertiary/aromatic N) is 2. The Kier molecular flexibility index (Phi) is 9.53. The monoisotopic (exact) mass is 787 g/mol. The minimum atomic E-state index is -0.788. The highest BCUT2D eigenvalue weighted by molar-refractivity contribution is 9.10. The van der Waals surface area contributed by atoms with E-state index in [1.54, 1.807) is 18.2 Å². The Labute approximate surface area is 321 Å². The third-order valence-corrected chi connectivity index (χ3v) is 11.0. The van der Waals surface area contributed by atoms with Gasteiger partial charge in [0.1, 0.15) is 12.2 Å². The number of rotatable bonds is 8. The second-order valence-electron chi connectivity index (χ2n) is 13.4. The molecular weight excluding hydrogens is 754 g/mol. The van der Waals surface area contributed by atoms with E-state index in [9.17, 15) is 14.4 Å². The summed E-state index contributed by atoms with van der Waals surface area (Å²) in [5, 5.41) is 3.03. The molecule has 0 radical (unpaired) electrons. The fourth-order valence-corrected chi connectivity index (χ4v) is 8.56. The number of imide groups is 2. The molecule has 0 aliphatic carbocycles. The van der Waals surface area contributed by atoms with Gasteiger partial charge in [-0.3, -0.25) is 14.9 Å². The number of carbonyl (C=O) groups is 3. The summed E-state index contributed by atoms with van der Waals surface area (Å²) in [5.41, 5.74) is 7.28. The second kappa shape index (κ2) is 14.6. The van der Waals surface area contributed by atoms with Crippen molar-refractivity contribution in [2.24, 2.45) is 0 Å². The first kappa shape index (κ1) is 34.7. The Morgan fingerprint density at radius 3 is 2.08 bits per heavy atom. The molecule has 8 nitrogen and oxygen atoms in total. The van der Waals surface area contributed by atoms with E-state index in [1.165, 1.54) is 30.0 Å². The fraction of sp³-hybridized carbons (Fsp3) is 0.186. The van der Waals surface area contributed by atoms with Gasteiger partial charge in [0.2, 0.25) is 0 Å². The molecule has 0 saturated carbocycles.